The van der Waals surface area contributed by atoms with Crippen LogP contribution in [-0.4, -0.2) is 38.1 Å². The fraction of sp³-hybridized carbons (Fsp3) is 0.273. The third kappa shape index (κ3) is 4.99. The molecule has 1 aliphatic carbocycles. The molecule has 1 amide bonds. The fourth-order valence-electron chi connectivity index (χ4n) is 4.13. The van der Waals surface area contributed by atoms with E-state index in [0.29, 0.717) is 12.1 Å². The van der Waals surface area contributed by atoms with E-state index >= 15 is 0 Å². The van der Waals surface area contributed by atoms with Crippen LogP contribution in [0.1, 0.15) is 28.8 Å². The molecule has 0 aliphatic heterocycles. The van der Waals surface area contributed by atoms with Gasteiger partial charge in [0, 0.05) is 18.8 Å². The van der Waals surface area contributed by atoms with Crippen molar-refractivity contribution >= 4 is 47.5 Å². The molecule has 0 radical (unpaired) electrons. The number of nitrogens with zero attached hydrogens (tertiary/aromatic N) is 5. The summed E-state index contributed by atoms with van der Waals surface area (Å²) in [5.74, 6) is -5.68. The van der Waals surface area contributed by atoms with Gasteiger partial charge in [0.25, 0.3) is 5.92 Å². The molecule has 1 fully saturated rings. The molecular weight excluding hydrogens is 625 g/mol. The summed E-state index contributed by atoms with van der Waals surface area (Å²) in [5.41, 5.74) is -8.80. The van der Waals surface area contributed by atoms with Crippen LogP contribution in [0.5, 0.6) is 0 Å². The Kier molecular flexibility index (Phi) is 7.98. The highest BCUT2D eigenvalue weighted by molar-refractivity contribution is 6.38. The first kappa shape index (κ1) is 31.2. The maximum absolute atomic E-state index is 14.6. The molecule has 0 bridgehead atoms. The minimum absolute atomic E-state index is 0. The number of hydrogen-bond acceptors (Lipinski definition) is 4. The Morgan fingerprint density at radius 2 is 1.65 bits per heavy atom. The molecule has 214 valence electrons. The highest BCUT2D eigenvalue weighted by Gasteiger charge is 2.86. The van der Waals surface area contributed by atoms with E-state index in [1.54, 1.807) is 0 Å². The molecule has 1 N–H and O–H groups in total. The van der Waals surface area contributed by atoms with Gasteiger partial charge in [0.05, 0.1) is 27.7 Å². The first-order valence-electron chi connectivity index (χ1n) is 10.4. The summed E-state index contributed by atoms with van der Waals surface area (Å²) >= 11 is 12.0. The first-order chi connectivity index (χ1) is 18.0. The van der Waals surface area contributed by atoms with Crippen LogP contribution in [0.2, 0.25) is 10.0 Å². The number of aromatic nitrogens is 3. The van der Waals surface area contributed by atoms with Crippen molar-refractivity contribution in [2.45, 2.75) is 36.7 Å². The van der Waals surface area contributed by atoms with Crippen molar-refractivity contribution < 1.29 is 45.0 Å². The minimum atomic E-state index is -5.71. The van der Waals surface area contributed by atoms with Gasteiger partial charge in [0.2, 0.25) is 0 Å². The average molecular weight is 637 g/mol. The molecule has 3 aromatic rings. The Bertz CT molecular complexity index is 1480. The quantitative estimate of drug-likeness (QED) is 0.295. The maximum atomic E-state index is 14.6. The zero-order valence-corrected chi connectivity index (χ0v) is 21.5. The molecule has 1 unspecified atom stereocenters. The van der Waals surface area contributed by atoms with Crippen LogP contribution >= 0.6 is 35.6 Å². The number of halogens is 11. The fourth-order valence-corrected chi connectivity index (χ4v) is 4.78. The Balaban J connectivity index is 0.00000441. The van der Waals surface area contributed by atoms with Gasteiger partial charge in [-0.25, -0.2) is 18.3 Å². The van der Waals surface area contributed by atoms with E-state index in [1.807, 2.05) is 0 Å². The first-order valence-corrected chi connectivity index (χ1v) is 11.2. The van der Waals surface area contributed by atoms with Crippen LogP contribution in [0.25, 0.3) is 5.69 Å². The highest BCUT2D eigenvalue weighted by atomic mass is 35.5. The van der Waals surface area contributed by atoms with Crippen molar-refractivity contribution in [1.29, 1.82) is 5.26 Å². The van der Waals surface area contributed by atoms with Crippen LogP contribution in [-0.2, 0) is 18.1 Å². The average Bonchev–Trinajstić information content (AvgIpc) is 3.23. The Morgan fingerprint density at radius 3 is 2.05 bits per heavy atom. The molecule has 1 aliphatic rings. The van der Waals surface area contributed by atoms with Crippen molar-refractivity contribution in [3.8, 4) is 11.8 Å². The smallest absolute Gasteiger partial charge is 0.416 e. The third-order valence-corrected chi connectivity index (χ3v) is 6.57. The zero-order valence-electron chi connectivity index (χ0n) is 19.2. The van der Waals surface area contributed by atoms with Crippen molar-refractivity contribution in [2.24, 2.45) is 0 Å². The molecule has 1 saturated carbocycles. The van der Waals surface area contributed by atoms with Crippen molar-refractivity contribution in [3.05, 3.63) is 69.1 Å². The van der Waals surface area contributed by atoms with Gasteiger partial charge in [-0.2, -0.15) is 36.7 Å². The number of carboxylic acid groups (broad SMARTS) is 1. The monoisotopic (exact) mass is 635 g/mol. The molecule has 40 heavy (non-hydrogen) atoms. The molecule has 1 atom stereocenters. The lowest BCUT2D eigenvalue weighted by molar-refractivity contribution is -0.182. The third-order valence-electron chi connectivity index (χ3n) is 6.00. The second-order valence-corrected chi connectivity index (χ2v) is 9.18. The summed E-state index contributed by atoms with van der Waals surface area (Å²) in [7, 11) is 0. The van der Waals surface area contributed by atoms with E-state index in [-0.39, 0.29) is 27.6 Å². The van der Waals surface area contributed by atoms with Gasteiger partial charge in [0.15, 0.2) is 11.1 Å². The van der Waals surface area contributed by atoms with Gasteiger partial charge in [-0.15, -0.1) is 12.4 Å². The number of carbonyl (C=O) groups is 1. The summed E-state index contributed by atoms with van der Waals surface area (Å²) in [6.45, 7) is -0.767. The van der Waals surface area contributed by atoms with Crippen LogP contribution in [0.4, 0.5) is 45.7 Å². The van der Waals surface area contributed by atoms with Gasteiger partial charge >= 0.3 is 18.4 Å². The van der Waals surface area contributed by atoms with Crippen molar-refractivity contribution in [3.63, 3.8) is 0 Å². The normalized spacial score (nSPS) is 18.0. The minimum Gasteiger partial charge on any atom is -0.465 e. The van der Waals surface area contributed by atoms with Gasteiger partial charge in [-0.3, -0.25) is 9.88 Å². The Morgan fingerprint density at radius 1 is 1.12 bits per heavy atom. The summed E-state index contributed by atoms with van der Waals surface area (Å²) in [4.78, 5) is 16.3. The van der Waals surface area contributed by atoms with Crippen LogP contribution in [0.3, 0.4) is 0 Å². The summed E-state index contributed by atoms with van der Waals surface area (Å²) in [5, 5.41) is 21.4. The lowest BCUT2D eigenvalue weighted by Crippen LogP contribution is -2.38. The highest BCUT2D eigenvalue weighted by Crippen LogP contribution is 2.71. The van der Waals surface area contributed by atoms with E-state index in [0.717, 1.165) is 0 Å². The van der Waals surface area contributed by atoms with Crippen LogP contribution < -0.4 is 4.90 Å². The van der Waals surface area contributed by atoms with E-state index in [1.165, 1.54) is 30.6 Å². The summed E-state index contributed by atoms with van der Waals surface area (Å²) < 4.78 is 112. The largest absolute Gasteiger partial charge is 0.465 e. The topological polar surface area (TPSA) is 95.0 Å². The molecule has 4 rings (SSSR count). The Labute approximate surface area is 234 Å². The van der Waals surface area contributed by atoms with E-state index in [2.05, 4.69) is 10.1 Å². The predicted molar refractivity (Wildman–Crippen MR) is 126 cm³/mol. The molecular formula is C22H12Cl3F8N5O2. The molecule has 2 heterocycles. The maximum Gasteiger partial charge on any atom is 0.416 e. The van der Waals surface area contributed by atoms with Gasteiger partial charge in [0.1, 0.15) is 17.6 Å². The molecule has 2 aromatic heterocycles. The number of hydrogen-bond donors (Lipinski definition) is 1. The molecule has 18 heteroatoms. The number of pyridine rings is 1. The van der Waals surface area contributed by atoms with Crippen molar-refractivity contribution in [1.82, 2.24) is 14.8 Å². The second-order valence-electron chi connectivity index (χ2n) is 8.37. The molecule has 1 aromatic carbocycles. The number of rotatable bonds is 5. The lowest BCUT2D eigenvalue weighted by atomic mass is 9.93. The van der Waals surface area contributed by atoms with E-state index in [9.17, 15) is 50.3 Å². The summed E-state index contributed by atoms with van der Waals surface area (Å²) in [6.07, 6.45) is -12.1. The molecule has 0 spiro atoms. The van der Waals surface area contributed by atoms with Crippen LogP contribution in [0.15, 0.2) is 36.7 Å². The second kappa shape index (κ2) is 10.2. The SMILES string of the molecule is Cl.N#Cc1nn(-c2c(Cl)cc(C(F)(F)F)cc2Cl)c(N(Cc2ccncc2)C(=O)O)c1C1(C(F)(F)F)CC1(F)F. The van der Waals surface area contributed by atoms with Crippen molar-refractivity contribution in [2.75, 3.05) is 4.90 Å². The standard InChI is InChI=1S/C22H11Cl2F8N5O2.ClH/c23-12-5-11(21(27,28)29)6-13(24)16(12)37-17(36(18(38)39)8-10-1-3-34-4-2-10)15(14(7-33)35-37)19(22(30,31)32)9-20(19,25)26;/h1-6H,8-9H2,(H,38,39);1H. The van der Waals surface area contributed by atoms with Crippen LogP contribution in [0, 0.1) is 11.3 Å². The Hall–Kier alpha value is -3.35. The molecule has 7 nitrogen and oxygen atoms in total. The number of nitriles is 1. The van der Waals surface area contributed by atoms with E-state index in [4.69, 9.17) is 23.2 Å². The number of amides is 1. The van der Waals surface area contributed by atoms with Gasteiger partial charge < -0.3 is 5.11 Å². The number of alkyl halides is 8. The summed E-state index contributed by atoms with van der Waals surface area (Å²) in [6, 6.07) is 4.46. The number of benzene rings is 1. The lowest BCUT2D eigenvalue weighted by Gasteiger charge is -2.27. The van der Waals surface area contributed by atoms with E-state index < -0.39 is 81.1 Å². The van der Waals surface area contributed by atoms with Gasteiger partial charge in [-0.05, 0) is 29.8 Å². The number of anilines is 1. The predicted octanol–water partition coefficient (Wildman–Crippen LogP) is 7.41. The zero-order chi connectivity index (χ0) is 29.1. The van der Waals surface area contributed by atoms with Gasteiger partial charge in [-0.1, -0.05) is 23.2 Å². The molecule has 0 saturated heterocycles.